The Hall–Kier alpha value is -4.45. The molecule has 4 aromatic carbocycles. The molecule has 12 heteroatoms. The number of hydrogen-bond donors (Lipinski definition) is 1. The number of amides is 1. The third-order valence-corrected chi connectivity index (χ3v) is 7.71. The summed E-state index contributed by atoms with van der Waals surface area (Å²) in [7, 11) is 1.49. The molecule has 9 nitrogen and oxygen atoms in total. The number of fused-ring (bicyclic) bond motifs is 2. The van der Waals surface area contributed by atoms with E-state index in [0.717, 1.165) is 9.86 Å². The summed E-state index contributed by atoms with van der Waals surface area (Å²) >= 11 is 12.9. The second-order valence-corrected chi connectivity index (χ2v) is 11.7. The topological polar surface area (TPSA) is 108 Å². The zero-order valence-electron chi connectivity index (χ0n) is 22.9. The predicted octanol–water partition coefficient (Wildman–Crippen LogP) is 7.90. The highest BCUT2D eigenvalue weighted by Crippen LogP contribution is 2.34. The molecule has 6 aromatic rings. The Morgan fingerprint density at radius 1 is 1.05 bits per heavy atom. The number of nitrogens with zero attached hydrogens (tertiary/aromatic N) is 3. The Balaban J connectivity index is 1.39. The van der Waals surface area contributed by atoms with E-state index in [1.54, 1.807) is 60.7 Å². The first kappa shape index (κ1) is 29.6. The molecule has 220 valence electrons. The average molecular weight is 737 g/mol. The van der Waals surface area contributed by atoms with Crippen molar-refractivity contribution in [1.82, 2.24) is 9.66 Å². The van der Waals surface area contributed by atoms with Crippen molar-refractivity contribution in [2.24, 2.45) is 5.10 Å². The van der Waals surface area contributed by atoms with Gasteiger partial charge in [0.2, 0.25) is 5.82 Å². The summed E-state index contributed by atoms with van der Waals surface area (Å²) in [6, 6.07) is 24.6. The maximum Gasteiger partial charge on any atom is 0.282 e. The number of methoxy groups -OCH3 is 1. The maximum atomic E-state index is 13.7. The van der Waals surface area contributed by atoms with Crippen LogP contribution in [-0.2, 0) is 4.79 Å². The molecule has 0 bridgehead atoms. The Labute approximate surface area is 272 Å². The van der Waals surface area contributed by atoms with Gasteiger partial charge in [0.1, 0.15) is 5.58 Å². The van der Waals surface area contributed by atoms with Crippen molar-refractivity contribution in [3.63, 3.8) is 0 Å². The fourth-order valence-electron chi connectivity index (χ4n) is 4.49. The molecule has 0 aliphatic carbocycles. The second kappa shape index (κ2) is 12.7. The molecule has 2 heterocycles. The standard InChI is InChI=1S/C32H21Br2ClN4O5/c1-42-27-15-21(34)13-19(30(27)43-17-29(40)37-23-9-7-22(35)8-10-23)16-36-39-31(38-25-5-3-2-4-24(25)32(39)41)28-14-18-12-20(33)6-11-26(18)44-28/h2-16H,17H2,1H3,(H,37,40). The van der Waals surface area contributed by atoms with Crippen molar-refractivity contribution in [3.05, 3.63) is 115 Å². The van der Waals surface area contributed by atoms with Gasteiger partial charge in [0.05, 0.1) is 24.2 Å². The number of carbonyl (C=O) groups excluding carboxylic acids is 1. The van der Waals surface area contributed by atoms with Crippen LogP contribution in [0, 0.1) is 0 Å². The number of ether oxygens (including phenoxy) is 2. The van der Waals surface area contributed by atoms with Crippen LogP contribution in [0.2, 0.25) is 5.02 Å². The van der Waals surface area contributed by atoms with Gasteiger partial charge in [-0.05, 0) is 72.8 Å². The first-order valence-corrected chi connectivity index (χ1v) is 15.1. The molecular weight excluding hydrogens is 716 g/mol. The largest absolute Gasteiger partial charge is 0.493 e. The molecule has 0 aliphatic heterocycles. The van der Waals surface area contributed by atoms with Crippen molar-refractivity contribution in [1.29, 1.82) is 0 Å². The lowest BCUT2D eigenvalue weighted by atomic mass is 10.2. The lowest BCUT2D eigenvalue weighted by Crippen LogP contribution is -2.21. The van der Waals surface area contributed by atoms with Crippen molar-refractivity contribution in [2.75, 3.05) is 19.0 Å². The number of halogens is 3. The minimum Gasteiger partial charge on any atom is -0.493 e. The molecular formula is C32H21Br2ClN4O5. The van der Waals surface area contributed by atoms with Crippen LogP contribution in [0.25, 0.3) is 33.5 Å². The Kier molecular flexibility index (Phi) is 8.51. The van der Waals surface area contributed by atoms with Crippen LogP contribution in [0.4, 0.5) is 5.69 Å². The third kappa shape index (κ3) is 6.26. The van der Waals surface area contributed by atoms with E-state index in [4.69, 9.17) is 30.5 Å². The van der Waals surface area contributed by atoms with Crippen LogP contribution in [0.3, 0.4) is 0 Å². The van der Waals surface area contributed by atoms with E-state index in [0.29, 0.717) is 48.7 Å². The van der Waals surface area contributed by atoms with Crippen LogP contribution >= 0.6 is 43.5 Å². The van der Waals surface area contributed by atoms with Gasteiger partial charge in [0.25, 0.3) is 11.5 Å². The van der Waals surface area contributed by atoms with E-state index in [-0.39, 0.29) is 18.2 Å². The first-order valence-electron chi connectivity index (χ1n) is 13.1. The van der Waals surface area contributed by atoms with Crippen LogP contribution in [-0.4, -0.2) is 35.5 Å². The fraction of sp³-hybridized carbons (Fsp3) is 0.0625. The van der Waals surface area contributed by atoms with Crippen LogP contribution in [0.1, 0.15) is 5.56 Å². The number of nitrogens with one attached hydrogen (secondary N) is 1. The minimum atomic E-state index is -0.394. The molecule has 0 spiro atoms. The zero-order chi connectivity index (χ0) is 30.8. The van der Waals surface area contributed by atoms with E-state index in [1.165, 1.54) is 18.0 Å². The SMILES string of the molecule is COc1cc(Br)cc(C=Nn2c(-c3cc4cc(Br)ccc4o3)nc3ccccc3c2=O)c1OCC(=O)Nc1ccc(Cl)cc1. The van der Waals surface area contributed by atoms with E-state index < -0.39 is 11.5 Å². The highest BCUT2D eigenvalue weighted by atomic mass is 79.9. The molecule has 0 unspecified atom stereocenters. The number of furan rings is 1. The van der Waals surface area contributed by atoms with E-state index in [9.17, 15) is 9.59 Å². The molecule has 2 aromatic heterocycles. The molecule has 1 amide bonds. The van der Waals surface area contributed by atoms with Crippen LogP contribution in [0.5, 0.6) is 11.5 Å². The molecule has 0 radical (unpaired) electrons. The van der Waals surface area contributed by atoms with Gasteiger partial charge in [0, 0.05) is 30.6 Å². The number of para-hydroxylation sites is 1. The predicted molar refractivity (Wildman–Crippen MR) is 178 cm³/mol. The molecule has 0 fully saturated rings. The van der Waals surface area contributed by atoms with Gasteiger partial charge in [0.15, 0.2) is 23.9 Å². The quantitative estimate of drug-likeness (QED) is 0.159. The molecule has 6 rings (SSSR count). The molecule has 0 atom stereocenters. The number of rotatable bonds is 8. The highest BCUT2D eigenvalue weighted by Gasteiger charge is 2.18. The summed E-state index contributed by atoms with van der Waals surface area (Å²) in [6.07, 6.45) is 1.44. The lowest BCUT2D eigenvalue weighted by Gasteiger charge is -2.14. The van der Waals surface area contributed by atoms with Crippen LogP contribution < -0.4 is 20.3 Å². The van der Waals surface area contributed by atoms with Crippen molar-refractivity contribution in [3.8, 4) is 23.1 Å². The lowest BCUT2D eigenvalue weighted by molar-refractivity contribution is -0.118. The summed E-state index contributed by atoms with van der Waals surface area (Å²) in [5.41, 5.74) is 1.75. The fourth-order valence-corrected chi connectivity index (χ4v) is 5.45. The highest BCUT2D eigenvalue weighted by molar-refractivity contribution is 9.10. The third-order valence-electron chi connectivity index (χ3n) is 6.51. The Bertz CT molecular complexity index is 2130. The van der Waals surface area contributed by atoms with Gasteiger partial charge in [-0.15, -0.1) is 0 Å². The van der Waals surface area contributed by atoms with E-state index in [2.05, 4.69) is 42.3 Å². The van der Waals surface area contributed by atoms with Gasteiger partial charge < -0.3 is 19.2 Å². The Morgan fingerprint density at radius 3 is 2.64 bits per heavy atom. The normalized spacial score (nSPS) is 11.4. The molecule has 0 aliphatic rings. The summed E-state index contributed by atoms with van der Waals surface area (Å²) in [5, 5.41) is 9.07. The van der Waals surface area contributed by atoms with Crippen molar-refractivity contribution < 1.29 is 18.7 Å². The van der Waals surface area contributed by atoms with E-state index >= 15 is 0 Å². The summed E-state index contributed by atoms with van der Waals surface area (Å²) in [5.74, 6) is 0.785. The maximum absolute atomic E-state index is 13.7. The molecule has 44 heavy (non-hydrogen) atoms. The minimum absolute atomic E-state index is 0.212. The first-order chi connectivity index (χ1) is 21.3. The molecule has 1 N–H and O–H groups in total. The van der Waals surface area contributed by atoms with Crippen molar-refractivity contribution in [2.45, 2.75) is 0 Å². The van der Waals surface area contributed by atoms with Crippen molar-refractivity contribution >= 4 is 83.1 Å². The van der Waals surface area contributed by atoms with Gasteiger partial charge >= 0.3 is 0 Å². The molecule has 0 saturated heterocycles. The summed E-state index contributed by atoms with van der Waals surface area (Å²) in [4.78, 5) is 31.1. The summed E-state index contributed by atoms with van der Waals surface area (Å²) < 4.78 is 20.3. The smallest absolute Gasteiger partial charge is 0.282 e. The number of aromatic nitrogens is 2. The summed E-state index contributed by atoms with van der Waals surface area (Å²) in [6.45, 7) is -0.321. The average Bonchev–Trinajstić information content (AvgIpc) is 3.44. The van der Waals surface area contributed by atoms with Crippen LogP contribution in [0.15, 0.2) is 108 Å². The Morgan fingerprint density at radius 2 is 1.84 bits per heavy atom. The number of anilines is 1. The van der Waals surface area contributed by atoms with Gasteiger partial charge in [-0.3, -0.25) is 9.59 Å². The zero-order valence-corrected chi connectivity index (χ0v) is 26.8. The van der Waals surface area contributed by atoms with Gasteiger partial charge in [-0.1, -0.05) is 55.6 Å². The number of benzene rings is 4. The van der Waals surface area contributed by atoms with E-state index in [1.807, 2.05) is 24.3 Å². The van der Waals surface area contributed by atoms with Gasteiger partial charge in [-0.2, -0.15) is 9.78 Å². The second-order valence-electron chi connectivity index (χ2n) is 9.48. The molecule has 0 saturated carbocycles. The number of carbonyl (C=O) groups is 1. The van der Waals surface area contributed by atoms with Gasteiger partial charge in [-0.25, -0.2) is 4.98 Å². The number of hydrogen-bond acceptors (Lipinski definition) is 7. The monoisotopic (exact) mass is 734 g/mol.